The van der Waals surface area contributed by atoms with Gasteiger partial charge in [-0.2, -0.15) is 10.2 Å². The Morgan fingerprint density at radius 1 is 1.10 bits per heavy atom. The fraction of sp³-hybridized carbons (Fsp3) is 0.375. The molecule has 2 rings (SSSR count). The van der Waals surface area contributed by atoms with Crippen LogP contribution in [-0.4, -0.2) is 17.3 Å². The van der Waals surface area contributed by atoms with Gasteiger partial charge in [0, 0.05) is 17.7 Å². The number of hydrogen-bond acceptors (Lipinski definition) is 4. The van der Waals surface area contributed by atoms with Crippen LogP contribution >= 0.6 is 0 Å². The molecule has 0 aliphatic heterocycles. The van der Waals surface area contributed by atoms with Crippen molar-refractivity contribution in [3.05, 3.63) is 41.6 Å². The zero-order chi connectivity index (χ0) is 14.8. The molecular formula is C16H21N3O. The molecule has 1 heterocycles. The first-order valence-corrected chi connectivity index (χ1v) is 6.67. The monoisotopic (exact) mass is 271 g/mol. The summed E-state index contributed by atoms with van der Waals surface area (Å²) in [7, 11) is 1.69. The smallest absolute Gasteiger partial charge is 0.122 e. The highest BCUT2D eigenvalue weighted by molar-refractivity contribution is 5.62. The van der Waals surface area contributed by atoms with Gasteiger partial charge in [0.05, 0.1) is 18.5 Å². The molecule has 0 saturated heterocycles. The van der Waals surface area contributed by atoms with Crippen molar-refractivity contribution in [1.29, 1.82) is 0 Å². The largest absolute Gasteiger partial charge is 0.496 e. The van der Waals surface area contributed by atoms with E-state index >= 15 is 0 Å². The van der Waals surface area contributed by atoms with Crippen molar-refractivity contribution in [2.24, 2.45) is 5.73 Å². The average molecular weight is 271 g/mol. The minimum absolute atomic E-state index is 0.00593. The van der Waals surface area contributed by atoms with E-state index in [1.165, 1.54) is 0 Å². The Morgan fingerprint density at radius 3 is 2.35 bits per heavy atom. The molecule has 0 fully saturated rings. The van der Waals surface area contributed by atoms with E-state index in [1.54, 1.807) is 7.11 Å². The van der Waals surface area contributed by atoms with Crippen molar-refractivity contribution in [3.8, 4) is 17.0 Å². The van der Waals surface area contributed by atoms with Crippen LogP contribution in [0.5, 0.6) is 5.75 Å². The zero-order valence-electron chi connectivity index (χ0n) is 12.5. The molecule has 2 N–H and O–H groups in total. The molecule has 0 spiro atoms. The molecule has 0 atom stereocenters. The maximum atomic E-state index is 5.54. The standard InChI is InChI=1S/C16H21N3O/c1-16(2,3)13-9-11(5-8-15(13)20-4)14-7-6-12(10-17)18-19-14/h5-9H,10,17H2,1-4H3. The predicted molar refractivity (Wildman–Crippen MR) is 80.6 cm³/mol. The molecule has 0 bridgehead atoms. The number of hydrogen-bond donors (Lipinski definition) is 1. The highest BCUT2D eigenvalue weighted by Crippen LogP contribution is 2.34. The van der Waals surface area contributed by atoms with E-state index in [0.29, 0.717) is 6.54 Å². The van der Waals surface area contributed by atoms with E-state index in [9.17, 15) is 0 Å². The van der Waals surface area contributed by atoms with Gasteiger partial charge in [0.1, 0.15) is 5.75 Å². The van der Waals surface area contributed by atoms with Gasteiger partial charge >= 0.3 is 0 Å². The Morgan fingerprint density at radius 2 is 1.85 bits per heavy atom. The van der Waals surface area contributed by atoms with E-state index in [2.05, 4.69) is 37.0 Å². The third kappa shape index (κ3) is 2.96. The molecule has 0 unspecified atom stereocenters. The second-order valence-electron chi connectivity index (χ2n) is 5.78. The fourth-order valence-corrected chi connectivity index (χ4v) is 2.08. The third-order valence-electron chi connectivity index (χ3n) is 3.23. The summed E-state index contributed by atoms with van der Waals surface area (Å²) < 4.78 is 5.45. The fourth-order valence-electron chi connectivity index (χ4n) is 2.08. The van der Waals surface area contributed by atoms with Crippen molar-refractivity contribution >= 4 is 0 Å². The maximum absolute atomic E-state index is 5.54. The van der Waals surface area contributed by atoms with Crippen LogP contribution in [0.1, 0.15) is 32.0 Å². The van der Waals surface area contributed by atoms with Gasteiger partial charge in [-0.3, -0.25) is 0 Å². The number of aromatic nitrogens is 2. The van der Waals surface area contributed by atoms with E-state index in [1.807, 2.05) is 24.3 Å². The minimum atomic E-state index is 0.00593. The van der Waals surface area contributed by atoms with Crippen molar-refractivity contribution in [2.75, 3.05) is 7.11 Å². The van der Waals surface area contributed by atoms with Crippen LogP contribution in [0.3, 0.4) is 0 Å². The number of rotatable bonds is 3. The molecular weight excluding hydrogens is 250 g/mol. The van der Waals surface area contributed by atoms with Gasteiger partial charge in [0.25, 0.3) is 0 Å². The van der Waals surface area contributed by atoms with Crippen molar-refractivity contribution in [2.45, 2.75) is 32.7 Å². The quantitative estimate of drug-likeness (QED) is 0.932. The summed E-state index contributed by atoms with van der Waals surface area (Å²) in [4.78, 5) is 0. The lowest BCUT2D eigenvalue weighted by atomic mass is 9.85. The lowest BCUT2D eigenvalue weighted by Gasteiger charge is -2.22. The number of nitrogens with zero attached hydrogens (tertiary/aromatic N) is 2. The van der Waals surface area contributed by atoms with Crippen LogP contribution in [0, 0.1) is 0 Å². The minimum Gasteiger partial charge on any atom is -0.496 e. The second kappa shape index (κ2) is 5.59. The molecule has 0 saturated carbocycles. The predicted octanol–water partition coefficient (Wildman–Crippen LogP) is 2.91. The molecule has 0 aliphatic carbocycles. The third-order valence-corrected chi connectivity index (χ3v) is 3.23. The van der Waals surface area contributed by atoms with Crippen LogP contribution in [0.25, 0.3) is 11.3 Å². The Balaban J connectivity index is 2.47. The topological polar surface area (TPSA) is 61.0 Å². The van der Waals surface area contributed by atoms with Crippen LogP contribution < -0.4 is 10.5 Å². The lowest BCUT2D eigenvalue weighted by molar-refractivity contribution is 0.397. The van der Waals surface area contributed by atoms with Crippen molar-refractivity contribution in [3.63, 3.8) is 0 Å². The van der Waals surface area contributed by atoms with Crippen molar-refractivity contribution in [1.82, 2.24) is 10.2 Å². The van der Waals surface area contributed by atoms with Gasteiger partial charge in [-0.1, -0.05) is 20.8 Å². The van der Waals surface area contributed by atoms with Gasteiger partial charge < -0.3 is 10.5 Å². The summed E-state index contributed by atoms with van der Waals surface area (Å²) in [6.45, 7) is 6.90. The number of benzene rings is 1. The Kier molecular flexibility index (Phi) is 4.04. The zero-order valence-corrected chi connectivity index (χ0v) is 12.5. The number of ether oxygens (including phenoxy) is 1. The molecule has 1 aromatic carbocycles. The normalized spacial score (nSPS) is 11.4. The molecule has 20 heavy (non-hydrogen) atoms. The first kappa shape index (κ1) is 14.5. The highest BCUT2D eigenvalue weighted by atomic mass is 16.5. The van der Waals surface area contributed by atoms with Crippen LogP contribution in [0.2, 0.25) is 0 Å². The van der Waals surface area contributed by atoms with Crippen LogP contribution in [0.4, 0.5) is 0 Å². The van der Waals surface area contributed by atoms with Gasteiger partial charge in [-0.15, -0.1) is 0 Å². The number of nitrogens with two attached hydrogens (primary N) is 1. The van der Waals surface area contributed by atoms with E-state index in [0.717, 1.165) is 28.3 Å². The van der Waals surface area contributed by atoms with E-state index in [4.69, 9.17) is 10.5 Å². The second-order valence-corrected chi connectivity index (χ2v) is 5.78. The summed E-state index contributed by atoms with van der Waals surface area (Å²) >= 11 is 0. The Hall–Kier alpha value is -1.94. The Labute approximate surface area is 120 Å². The van der Waals surface area contributed by atoms with Gasteiger partial charge in [-0.25, -0.2) is 0 Å². The van der Waals surface area contributed by atoms with E-state index < -0.39 is 0 Å². The molecule has 4 nitrogen and oxygen atoms in total. The SMILES string of the molecule is COc1ccc(-c2ccc(CN)nn2)cc1C(C)(C)C. The first-order chi connectivity index (χ1) is 9.45. The van der Waals surface area contributed by atoms with Crippen molar-refractivity contribution < 1.29 is 4.74 Å². The molecule has 1 aromatic heterocycles. The highest BCUT2D eigenvalue weighted by Gasteiger charge is 2.19. The molecule has 4 heteroatoms. The summed E-state index contributed by atoms with van der Waals surface area (Å²) in [5.74, 6) is 0.896. The average Bonchev–Trinajstić information content (AvgIpc) is 2.46. The first-order valence-electron chi connectivity index (χ1n) is 6.67. The summed E-state index contributed by atoms with van der Waals surface area (Å²) in [5, 5.41) is 8.33. The molecule has 106 valence electrons. The molecule has 0 amide bonds. The van der Waals surface area contributed by atoms with E-state index in [-0.39, 0.29) is 5.41 Å². The Bertz CT molecular complexity index is 586. The molecule has 0 aliphatic rings. The van der Waals surface area contributed by atoms with Gasteiger partial charge in [0.2, 0.25) is 0 Å². The van der Waals surface area contributed by atoms with Crippen LogP contribution in [0.15, 0.2) is 30.3 Å². The summed E-state index contributed by atoms with van der Waals surface area (Å²) in [6.07, 6.45) is 0. The van der Waals surface area contributed by atoms with Gasteiger partial charge in [0.15, 0.2) is 0 Å². The van der Waals surface area contributed by atoms with Gasteiger partial charge in [-0.05, 0) is 35.7 Å². The van der Waals surface area contributed by atoms with Crippen LogP contribution in [-0.2, 0) is 12.0 Å². The summed E-state index contributed by atoms with van der Waals surface area (Å²) in [6, 6.07) is 9.95. The molecule has 2 aromatic rings. The molecule has 0 radical (unpaired) electrons. The summed E-state index contributed by atoms with van der Waals surface area (Å²) in [5.41, 5.74) is 9.37. The number of methoxy groups -OCH3 is 1. The lowest BCUT2D eigenvalue weighted by Crippen LogP contribution is -2.13. The maximum Gasteiger partial charge on any atom is 0.122 e.